The van der Waals surface area contributed by atoms with Gasteiger partial charge in [-0.05, 0) is 35.4 Å². The van der Waals surface area contributed by atoms with Gasteiger partial charge in [-0.2, -0.15) is 0 Å². The lowest BCUT2D eigenvalue weighted by Gasteiger charge is -2.08. The molecule has 0 N–H and O–H groups in total. The standard InChI is InChI=1S/C21H18O4/c1-15-6-4-9-17(12-15)24-14-21(23)25-13-20(22)19-11-5-8-16-7-2-3-10-18(16)19/h2-12H,13-14H2,1H3. The summed E-state index contributed by atoms with van der Waals surface area (Å²) in [6.07, 6.45) is 0. The Morgan fingerprint density at radius 1 is 0.880 bits per heavy atom. The Morgan fingerprint density at radius 2 is 1.64 bits per heavy atom. The van der Waals surface area contributed by atoms with Gasteiger partial charge in [-0.3, -0.25) is 4.79 Å². The maximum absolute atomic E-state index is 12.4. The molecule has 0 aliphatic carbocycles. The number of ether oxygens (including phenoxy) is 2. The maximum Gasteiger partial charge on any atom is 0.344 e. The van der Waals surface area contributed by atoms with Gasteiger partial charge in [0.15, 0.2) is 13.2 Å². The summed E-state index contributed by atoms with van der Waals surface area (Å²) in [5.41, 5.74) is 1.59. The highest BCUT2D eigenvalue weighted by molar-refractivity contribution is 6.09. The fourth-order valence-electron chi connectivity index (χ4n) is 2.58. The van der Waals surface area contributed by atoms with Gasteiger partial charge in [-0.15, -0.1) is 0 Å². The number of carbonyl (C=O) groups excluding carboxylic acids is 2. The normalized spacial score (nSPS) is 10.4. The molecule has 3 rings (SSSR count). The van der Waals surface area contributed by atoms with Gasteiger partial charge in [0.2, 0.25) is 5.78 Å². The van der Waals surface area contributed by atoms with Crippen LogP contribution in [0.4, 0.5) is 0 Å². The Balaban J connectivity index is 1.57. The zero-order chi connectivity index (χ0) is 17.6. The van der Waals surface area contributed by atoms with Gasteiger partial charge in [0.25, 0.3) is 0 Å². The molecule has 0 saturated carbocycles. The zero-order valence-corrected chi connectivity index (χ0v) is 13.9. The molecule has 0 fully saturated rings. The molecule has 0 unspecified atom stereocenters. The first kappa shape index (κ1) is 16.7. The van der Waals surface area contributed by atoms with Crippen LogP contribution in [0.5, 0.6) is 5.75 Å². The van der Waals surface area contributed by atoms with E-state index in [1.807, 2.05) is 61.5 Å². The maximum atomic E-state index is 12.4. The third kappa shape index (κ3) is 4.23. The van der Waals surface area contributed by atoms with E-state index in [0.29, 0.717) is 11.3 Å². The molecule has 0 bridgehead atoms. The van der Waals surface area contributed by atoms with E-state index in [4.69, 9.17) is 9.47 Å². The van der Waals surface area contributed by atoms with Crippen molar-refractivity contribution in [1.29, 1.82) is 0 Å². The summed E-state index contributed by atoms with van der Waals surface area (Å²) in [5.74, 6) is -0.215. The molecular weight excluding hydrogens is 316 g/mol. The van der Waals surface area contributed by atoms with Gasteiger partial charge < -0.3 is 9.47 Å². The van der Waals surface area contributed by atoms with Crippen LogP contribution >= 0.6 is 0 Å². The van der Waals surface area contributed by atoms with Crippen molar-refractivity contribution < 1.29 is 19.1 Å². The highest BCUT2D eigenvalue weighted by Crippen LogP contribution is 2.19. The molecule has 0 saturated heterocycles. The summed E-state index contributed by atoms with van der Waals surface area (Å²) >= 11 is 0. The van der Waals surface area contributed by atoms with Crippen molar-refractivity contribution in [1.82, 2.24) is 0 Å². The van der Waals surface area contributed by atoms with Gasteiger partial charge in [0.1, 0.15) is 5.75 Å². The molecule has 0 amide bonds. The van der Waals surface area contributed by atoms with Crippen LogP contribution in [0.25, 0.3) is 10.8 Å². The molecule has 3 aromatic rings. The summed E-state index contributed by atoms with van der Waals surface area (Å²) in [4.78, 5) is 24.2. The van der Waals surface area contributed by atoms with E-state index < -0.39 is 5.97 Å². The minimum absolute atomic E-state index is 0.230. The fourth-order valence-corrected chi connectivity index (χ4v) is 2.58. The molecule has 3 aromatic carbocycles. The van der Waals surface area contributed by atoms with Crippen LogP contribution in [-0.4, -0.2) is 25.0 Å². The number of aryl methyl sites for hydroxylation is 1. The van der Waals surface area contributed by atoms with Crippen LogP contribution in [0.3, 0.4) is 0 Å². The van der Waals surface area contributed by atoms with Crippen LogP contribution in [0.1, 0.15) is 15.9 Å². The van der Waals surface area contributed by atoms with E-state index in [-0.39, 0.29) is 19.0 Å². The number of benzene rings is 3. The third-order valence-corrected chi connectivity index (χ3v) is 3.80. The van der Waals surface area contributed by atoms with E-state index >= 15 is 0 Å². The number of esters is 1. The second-order valence-corrected chi connectivity index (χ2v) is 5.72. The van der Waals surface area contributed by atoms with Gasteiger partial charge in [-0.1, -0.05) is 54.6 Å². The molecule has 0 aromatic heterocycles. The largest absolute Gasteiger partial charge is 0.482 e. The van der Waals surface area contributed by atoms with E-state index in [0.717, 1.165) is 16.3 Å². The minimum Gasteiger partial charge on any atom is -0.482 e. The minimum atomic E-state index is -0.574. The monoisotopic (exact) mass is 334 g/mol. The first-order valence-electron chi connectivity index (χ1n) is 7.99. The molecule has 0 heterocycles. The van der Waals surface area contributed by atoms with Crippen LogP contribution in [0.15, 0.2) is 66.7 Å². The average Bonchev–Trinajstić information content (AvgIpc) is 2.64. The number of carbonyl (C=O) groups is 2. The molecule has 0 radical (unpaired) electrons. The lowest BCUT2D eigenvalue weighted by molar-refractivity contribution is -0.144. The summed E-state index contributed by atoms with van der Waals surface area (Å²) < 4.78 is 10.4. The van der Waals surface area contributed by atoms with Crippen molar-refractivity contribution in [2.75, 3.05) is 13.2 Å². The van der Waals surface area contributed by atoms with Crippen molar-refractivity contribution in [2.24, 2.45) is 0 Å². The predicted octanol–water partition coefficient (Wildman–Crippen LogP) is 3.95. The van der Waals surface area contributed by atoms with Crippen LogP contribution in [-0.2, 0) is 9.53 Å². The topological polar surface area (TPSA) is 52.6 Å². The summed E-state index contributed by atoms with van der Waals surface area (Å²) in [6, 6.07) is 20.5. The Labute approximate surface area is 146 Å². The van der Waals surface area contributed by atoms with E-state index in [1.165, 1.54) is 0 Å². The molecule has 0 spiro atoms. The number of fused-ring (bicyclic) bond motifs is 1. The molecule has 0 aliphatic rings. The van der Waals surface area contributed by atoms with E-state index in [1.54, 1.807) is 12.1 Å². The first-order valence-corrected chi connectivity index (χ1v) is 7.99. The Hall–Kier alpha value is -3.14. The Morgan fingerprint density at radius 3 is 2.48 bits per heavy atom. The van der Waals surface area contributed by atoms with Crippen LogP contribution in [0.2, 0.25) is 0 Å². The zero-order valence-electron chi connectivity index (χ0n) is 13.9. The fraction of sp³-hybridized carbons (Fsp3) is 0.143. The quantitative estimate of drug-likeness (QED) is 0.506. The lowest BCUT2D eigenvalue weighted by Crippen LogP contribution is -2.19. The summed E-state index contributed by atoms with van der Waals surface area (Å²) in [6.45, 7) is 1.41. The number of ketones is 1. The molecule has 0 aliphatic heterocycles. The Bertz CT molecular complexity index is 909. The van der Waals surface area contributed by atoms with E-state index in [2.05, 4.69) is 0 Å². The molecule has 4 nitrogen and oxygen atoms in total. The SMILES string of the molecule is Cc1cccc(OCC(=O)OCC(=O)c2cccc3ccccc23)c1. The molecule has 4 heteroatoms. The van der Waals surface area contributed by atoms with Crippen LogP contribution in [0, 0.1) is 6.92 Å². The number of rotatable bonds is 6. The second-order valence-electron chi connectivity index (χ2n) is 5.72. The summed E-state index contributed by atoms with van der Waals surface area (Å²) in [7, 11) is 0. The first-order chi connectivity index (χ1) is 12.1. The number of hydrogen-bond donors (Lipinski definition) is 0. The van der Waals surface area contributed by atoms with Crippen molar-refractivity contribution in [3.8, 4) is 5.75 Å². The third-order valence-electron chi connectivity index (χ3n) is 3.80. The highest BCUT2D eigenvalue weighted by atomic mass is 16.6. The predicted molar refractivity (Wildman–Crippen MR) is 95.9 cm³/mol. The highest BCUT2D eigenvalue weighted by Gasteiger charge is 2.13. The summed E-state index contributed by atoms with van der Waals surface area (Å²) in [5, 5.41) is 1.82. The van der Waals surface area contributed by atoms with Crippen LogP contribution < -0.4 is 4.74 Å². The van der Waals surface area contributed by atoms with Gasteiger partial charge >= 0.3 is 5.97 Å². The smallest absolute Gasteiger partial charge is 0.344 e. The van der Waals surface area contributed by atoms with Gasteiger partial charge in [0, 0.05) is 5.56 Å². The van der Waals surface area contributed by atoms with Gasteiger partial charge in [-0.25, -0.2) is 4.79 Å². The van der Waals surface area contributed by atoms with Gasteiger partial charge in [0.05, 0.1) is 0 Å². The molecular formula is C21H18O4. The second kappa shape index (κ2) is 7.62. The molecule has 25 heavy (non-hydrogen) atoms. The lowest BCUT2D eigenvalue weighted by atomic mass is 10.0. The molecule has 0 atom stereocenters. The number of Topliss-reactive ketones (excluding diaryl/α,β-unsaturated/α-hetero) is 1. The van der Waals surface area contributed by atoms with Crippen molar-refractivity contribution in [3.63, 3.8) is 0 Å². The van der Waals surface area contributed by atoms with Crippen molar-refractivity contribution in [3.05, 3.63) is 77.9 Å². The number of hydrogen-bond acceptors (Lipinski definition) is 4. The average molecular weight is 334 g/mol. The molecule has 126 valence electrons. The Kier molecular flexibility index (Phi) is 5.09. The van der Waals surface area contributed by atoms with Crippen molar-refractivity contribution in [2.45, 2.75) is 6.92 Å². The van der Waals surface area contributed by atoms with Crippen molar-refractivity contribution >= 4 is 22.5 Å². The van der Waals surface area contributed by atoms with E-state index in [9.17, 15) is 9.59 Å².